The van der Waals surface area contributed by atoms with Crippen molar-refractivity contribution in [3.05, 3.63) is 99.1 Å². The number of unbranched alkanes of at least 4 members (excludes halogenated alkanes) is 3. The number of nitrogens with zero attached hydrogens (tertiary/aromatic N) is 2. The van der Waals surface area contributed by atoms with Gasteiger partial charge in [0.05, 0.1) is 29.3 Å². The number of rotatable bonds is 15. The first-order valence-electron chi connectivity index (χ1n) is 24.4. The number of nitrogens with one attached hydrogen (secondary N) is 4. The third-order valence-corrected chi connectivity index (χ3v) is 15.1. The maximum absolute atomic E-state index is 12.5. The molecule has 0 bridgehead atoms. The summed E-state index contributed by atoms with van der Waals surface area (Å²) in [4.78, 5) is 48.7. The smallest absolute Gasteiger partial charge is 0.336 e. The molecule has 384 valence electrons. The topological polar surface area (TPSA) is 244 Å². The van der Waals surface area contributed by atoms with Gasteiger partial charge in [-0.3, -0.25) is 9.59 Å². The summed E-state index contributed by atoms with van der Waals surface area (Å²) in [5, 5.41) is 24.4. The fourth-order valence-corrected chi connectivity index (χ4v) is 12.2. The molecule has 2 fully saturated rings. The van der Waals surface area contributed by atoms with Crippen LogP contribution in [0.5, 0.6) is 11.5 Å². The first kappa shape index (κ1) is 54.9. The number of carbonyl (C=O) groups excluding carboxylic acids is 3. The van der Waals surface area contributed by atoms with Gasteiger partial charge in [0.25, 0.3) is 0 Å². The molecule has 5 heterocycles. The summed E-state index contributed by atoms with van der Waals surface area (Å²) in [6, 6.07) is 16.5. The molecule has 5 aliphatic rings. The highest BCUT2D eigenvalue weighted by Gasteiger charge is 2.42. The summed E-state index contributed by atoms with van der Waals surface area (Å²) in [5.74, 6) is 1.67. The van der Waals surface area contributed by atoms with Crippen molar-refractivity contribution in [2.75, 3.05) is 36.8 Å². The van der Waals surface area contributed by atoms with E-state index in [4.69, 9.17) is 23.4 Å². The number of fused-ring (bicyclic) bond motifs is 5. The van der Waals surface area contributed by atoms with E-state index in [2.05, 4.69) is 123 Å². The number of likely N-dealkylation sites (N-methyl/N-ethyl adjacent to an activating group) is 2. The third kappa shape index (κ3) is 13.4. The Morgan fingerprint density at radius 3 is 2.20 bits per heavy atom. The fraction of sp³-hybridized carbons (Fsp3) is 0.491. The number of carboxylic acids is 1. The van der Waals surface area contributed by atoms with Gasteiger partial charge in [-0.05, 0) is 115 Å². The van der Waals surface area contributed by atoms with Gasteiger partial charge in [0.15, 0.2) is 5.54 Å². The van der Waals surface area contributed by atoms with Crippen molar-refractivity contribution in [2.24, 2.45) is 0 Å². The number of halogens is 1. The van der Waals surface area contributed by atoms with E-state index in [0.717, 1.165) is 107 Å². The van der Waals surface area contributed by atoms with Gasteiger partial charge in [-0.25, -0.2) is 32.8 Å². The molecule has 0 aliphatic carbocycles. The summed E-state index contributed by atoms with van der Waals surface area (Å²) < 4.78 is 43.2. The largest absolute Gasteiger partial charge is 0.478 e. The van der Waals surface area contributed by atoms with Crippen LogP contribution in [0.2, 0.25) is 0 Å². The standard InChI is InChI=1S/C36H38N2O3.C17H30N4O3S.ClHO4/c1-9-37-29-17-31-27(15-25(29)21(3)19-35(37,5)6)33(23-13-11-12-14-24(23)34(39)40)28-16-26-22(4)20-36(7,8)38(10-2)30(26)18-32(28)41-31;1-12(22)18-9-5-2-6-10-19-15(23)8-4-3-7-14-16-13(11-25-14)20-17(24)21-16;2-1(3,4)5/h11-20H,9-10H2,1-8H3;13-14,16H,2-11H2,1H3,(H,18,22)(H,19,23)(H2,20,21,24);(H,2,3,4,5). The number of carbonyl (C=O) groups is 4. The van der Waals surface area contributed by atoms with Gasteiger partial charge in [-0.2, -0.15) is 11.8 Å². The Labute approximate surface area is 423 Å². The lowest BCUT2D eigenvalue weighted by molar-refractivity contribution is -2.00. The van der Waals surface area contributed by atoms with E-state index in [9.17, 15) is 24.3 Å². The second kappa shape index (κ2) is 23.0. The van der Waals surface area contributed by atoms with Crippen LogP contribution in [-0.2, 0) is 9.59 Å². The molecule has 3 aromatic rings. The first-order chi connectivity index (χ1) is 33.4. The van der Waals surface area contributed by atoms with Crippen molar-refractivity contribution in [1.29, 1.82) is 0 Å². The zero-order valence-corrected chi connectivity index (χ0v) is 43.9. The van der Waals surface area contributed by atoms with Crippen LogP contribution in [0.1, 0.15) is 140 Å². The maximum atomic E-state index is 12.5. The van der Waals surface area contributed by atoms with Gasteiger partial charge < -0.3 is 36.0 Å². The molecule has 3 unspecified atom stereocenters. The van der Waals surface area contributed by atoms with Crippen LogP contribution < -0.4 is 64.7 Å². The molecule has 18 heteroatoms. The Bertz CT molecular complexity index is 2710. The van der Waals surface area contributed by atoms with Crippen LogP contribution in [0, 0.1) is 10.2 Å². The number of allylic oxidation sites excluding steroid dienone is 2. The number of benzene rings is 3. The number of thioether (sulfide) groups is 1. The Kier molecular flexibility index (Phi) is 17.8. The molecule has 8 rings (SSSR count). The van der Waals surface area contributed by atoms with Crippen molar-refractivity contribution >= 4 is 58.0 Å². The third-order valence-electron chi connectivity index (χ3n) is 13.6. The zero-order chi connectivity index (χ0) is 52.0. The highest BCUT2D eigenvalue weighted by molar-refractivity contribution is 8.00. The predicted molar refractivity (Wildman–Crippen MR) is 267 cm³/mol. The van der Waals surface area contributed by atoms with Gasteiger partial charge >= 0.3 is 12.0 Å². The van der Waals surface area contributed by atoms with Crippen LogP contribution in [0.3, 0.4) is 0 Å². The number of urea groups is 1. The average molecular weight is 1020 g/mol. The Hall–Kier alpha value is -5.43. The first-order valence-corrected chi connectivity index (χ1v) is 26.7. The van der Waals surface area contributed by atoms with Gasteiger partial charge in [-0.15, -0.1) is 10.2 Å². The summed E-state index contributed by atoms with van der Waals surface area (Å²) in [7, 11) is -4.94. The van der Waals surface area contributed by atoms with E-state index in [1.54, 1.807) is 12.1 Å². The predicted octanol–water partition coefficient (Wildman–Crippen LogP) is 2.84. The Morgan fingerprint density at radius 1 is 0.859 bits per heavy atom. The highest BCUT2D eigenvalue weighted by atomic mass is 35.7. The number of carboxylic acid groups (broad SMARTS) is 1. The number of hydrogen-bond acceptors (Lipinski definition) is 11. The average Bonchev–Trinajstić information content (AvgIpc) is 3.83. The van der Waals surface area contributed by atoms with E-state index in [-0.39, 0.29) is 46.6 Å². The van der Waals surface area contributed by atoms with E-state index in [0.29, 0.717) is 30.3 Å². The Balaban J connectivity index is 0.000000234. The van der Waals surface area contributed by atoms with Crippen molar-refractivity contribution in [1.82, 2.24) is 25.8 Å². The van der Waals surface area contributed by atoms with Gasteiger partial charge in [0, 0.05) is 97.1 Å². The van der Waals surface area contributed by atoms with Crippen LogP contribution in [0.25, 0.3) is 16.7 Å². The second-order valence-corrected chi connectivity index (χ2v) is 21.7. The summed E-state index contributed by atoms with van der Waals surface area (Å²) in [5.41, 5.74) is 8.37. The lowest BCUT2D eigenvalue weighted by Crippen LogP contribution is -2.68. The number of aromatic carboxylic acids is 1. The molecule has 5 aliphatic heterocycles. The molecule has 0 saturated carbocycles. The zero-order valence-electron chi connectivity index (χ0n) is 42.3. The molecule has 5 N–H and O–H groups in total. The van der Waals surface area contributed by atoms with Crippen molar-refractivity contribution in [3.8, 4) is 11.5 Å². The lowest BCUT2D eigenvalue weighted by Gasteiger charge is -2.43. The second-order valence-electron chi connectivity index (χ2n) is 19.6. The minimum absolute atomic E-state index is 0.00593. The lowest BCUT2D eigenvalue weighted by atomic mass is 9.83. The van der Waals surface area contributed by atoms with Crippen LogP contribution in [0.4, 0.5) is 10.5 Å². The van der Waals surface area contributed by atoms with Gasteiger partial charge in [-0.1, -0.05) is 30.7 Å². The molecule has 4 amide bonds. The normalized spacial score (nSPS) is 19.8. The molecule has 2 saturated heterocycles. The van der Waals surface area contributed by atoms with E-state index >= 15 is 0 Å². The summed E-state index contributed by atoms with van der Waals surface area (Å²) in [6.45, 7) is 22.3. The molecule has 0 radical (unpaired) electrons. The number of ether oxygens (including phenoxy) is 1. The van der Waals surface area contributed by atoms with E-state index < -0.39 is 16.2 Å². The quantitative estimate of drug-likeness (QED) is 0.0656. The fourth-order valence-electron chi connectivity index (χ4n) is 10.6. The van der Waals surface area contributed by atoms with Crippen LogP contribution >= 0.6 is 11.8 Å². The molecule has 71 heavy (non-hydrogen) atoms. The molecule has 0 spiro atoms. The number of hydrogen-bond donors (Lipinski definition) is 5. The van der Waals surface area contributed by atoms with Gasteiger partial charge in [0.2, 0.25) is 17.2 Å². The minimum Gasteiger partial charge on any atom is -0.478 e. The number of anilines is 1. The number of amides is 4. The molecular formula is C53H69ClN6O10S. The monoisotopic (exact) mass is 1020 g/mol. The SMILES string of the molecule is CC(=O)NCCCCCNC(=O)CCCCC1SCC2NC(=O)NC21.CCN1c2cc3c(cc2C(C)=CC1(C)C)C(c1ccccc1C(=O)O)=c1cc2c(cc1O3)=[N+](CC)C(C)(C)C=C2C.[O-][Cl+3]([O-])([O-])[O-]. The van der Waals surface area contributed by atoms with Crippen molar-refractivity contribution < 1.29 is 57.9 Å². The van der Waals surface area contributed by atoms with E-state index in [1.807, 2.05) is 23.9 Å². The van der Waals surface area contributed by atoms with Crippen molar-refractivity contribution in [2.45, 2.75) is 136 Å². The molecule has 3 aromatic carbocycles. The minimum atomic E-state index is -4.94. The molecule has 16 nitrogen and oxygen atoms in total. The molecule has 0 aromatic heterocycles. The van der Waals surface area contributed by atoms with Crippen molar-refractivity contribution in [3.63, 3.8) is 0 Å². The van der Waals surface area contributed by atoms with E-state index in [1.165, 1.54) is 18.1 Å². The molecular weight excluding hydrogens is 948 g/mol. The van der Waals surface area contributed by atoms with Gasteiger partial charge in [0.1, 0.15) is 18.0 Å². The highest BCUT2D eigenvalue weighted by Crippen LogP contribution is 2.46. The van der Waals surface area contributed by atoms with Crippen LogP contribution in [-0.4, -0.2) is 89.3 Å². The van der Waals surface area contributed by atoms with Crippen LogP contribution in [0.15, 0.2) is 60.7 Å². The summed E-state index contributed by atoms with van der Waals surface area (Å²) in [6.07, 6.45) is 11.1. The molecule has 3 atom stereocenters. The Morgan fingerprint density at radius 2 is 1.54 bits per heavy atom. The maximum Gasteiger partial charge on any atom is 0.336 e. The summed E-state index contributed by atoms with van der Waals surface area (Å²) >= 11 is 1.92.